The Hall–Kier alpha value is -0.280. The second-order valence-electron chi connectivity index (χ2n) is 6.32. The predicted octanol–water partition coefficient (Wildman–Crippen LogP) is 3.31. The molecule has 1 atom stereocenters. The van der Waals surface area contributed by atoms with Gasteiger partial charge < -0.3 is 9.64 Å². The minimum absolute atomic E-state index is 0.128. The van der Waals surface area contributed by atoms with Gasteiger partial charge in [-0.2, -0.15) is 0 Å². The zero-order valence-electron chi connectivity index (χ0n) is 12.7. The summed E-state index contributed by atoms with van der Waals surface area (Å²) < 4.78 is 5.03. The van der Waals surface area contributed by atoms with Crippen LogP contribution in [0.5, 0.6) is 0 Å². The molecular formula is C15H28ClNO2. The van der Waals surface area contributed by atoms with E-state index < -0.39 is 0 Å². The summed E-state index contributed by atoms with van der Waals surface area (Å²) in [4.78, 5) is 14.6. The van der Waals surface area contributed by atoms with Crippen molar-refractivity contribution in [3.63, 3.8) is 0 Å². The summed E-state index contributed by atoms with van der Waals surface area (Å²) in [5, 5.41) is -0.128. The molecule has 0 aromatic rings. The first-order valence-corrected chi connectivity index (χ1v) is 7.73. The number of amides is 1. The Kier molecular flexibility index (Phi) is 6.61. The van der Waals surface area contributed by atoms with Crippen molar-refractivity contribution in [1.82, 2.24) is 4.90 Å². The van der Waals surface area contributed by atoms with Gasteiger partial charge in [-0.05, 0) is 25.2 Å². The van der Waals surface area contributed by atoms with E-state index in [4.69, 9.17) is 16.3 Å². The molecule has 1 aliphatic carbocycles. The second-order valence-corrected chi connectivity index (χ2v) is 6.94. The van der Waals surface area contributed by atoms with E-state index in [0.29, 0.717) is 19.1 Å². The highest BCUT2D eigenvalue weighted by Gasteiger charge is 2.42. The maximum atomic E-state index is 12.8. The Labute approximate surface area is 122 Å². The summed E-state index contributed by atoms with van der Waals surface area (Å²) in [6.45, 7) is 5.44. The van der Waals surface area contributed by atoms with Crippen LogP contribution in [-0.4, -0.2) is 43.5 Å². The summed E-state index contributed by atoms with van der Waals surface area (Å²) in [5.41, 5.74) is -0.132. The lowest BCUT2D eigenvalue weighted by Gasteiger charge is -2.34. The Morgan fingerprint density at radius 2 is 1.95 bits per heavy atom. The van der Waals surface area contributed by atoms with Gasteiger partial charge in [0.1, 0.15) is 0 Å². The minimum atomic E-state index is -0.132. The van der Waals surface area contributed by atoms with Gasteiger partial charge in [0.15, 0.2) is 0 Å². The molecule has 0 N–H and O–H groups in total. The van der Waals surface area contributed by atoms with Crippen molar-refractivity contribution < 1.29 is 9.53 Å². The average molecular weight is 290 g/mol. The quantitative estimate of drug-likeness (QED) is 0.673. The number of carbonyl (C=O) groups is 1. The first-order valence-electron chi connectivity index (χ1n) is 7.30. The van der Waals surface area contributed by atoms with E-state index in [1.165, 1.54) is 12.8 Å². The fourth-order valence-electron chi connectivity index (χ4n) is 3.36. The van der Waals surface area contributed by atoms with Crippen LogP contribution < -0.4 is 0 Å². The van der Waals surface area contributed by atoms with Crippen LogP contribution in [0.1, 0.15) is 46.0 Å². The fourth-order valence-corrected chi connectivity index (χ4v) is 3.69. The van der Waals surface area contributed by atoms with Crippen molar-refractivity contribution >= 4 is 17.5 Å². The van der Waals surface area contributed by atoms with E-state index >= 15 is 0 Å². The van der Waals surface area contributed by atoms with Crippen molar-refractivity contribution in [3.05, 3.63) is 0 Å². The van der Waals surface area contributed by atoms with Gasteiger partial charge in [0.05, 0.1) is 12.0 Å². The van der Waals surface area contributed by atoms with E-state index in [1.807, 2.05) is 11.9 Å². The molecule has 0 aromatic heterocycles. The lowest BCUT2D eigenvalue weighted by Crippen LogP contribution is -2.44. The Balaban J connectivity index is 2.66. The summed E-state index contributed by atoms with van der Waals surface area (Å²) in [7, 11) is 3.50. The van der Waals surface area contributed by atoms with Gasteiger partial charge in [0, 0.05) is 26.1 Å². The average Bonchev–Trinajstić information content (AvgIpc) is 2.76. The maximum absolute atomic E-state index is 12.8. The summed E-state index contributed by atoms with van der Waals surface area (Å²) in [5.74, 6) is 0.835. The van der Waals surface area contributed by atoms with Crippen LogP contribution in [0.25, 0.3) is 0 Å². The molecule has 4 heteroatoms. The van der Waals surface area contributed by atoms with Gasteiger partial charge >= 0.3 is 0 Å². The molecule has 1 amide bonds. The molecule has 0 bridgehead atoms. The summed E-state index contributed by atoms with van der Waals surface area (Å²) in [6, 6.07) is 0. The zero-order valence-corrected chi connectivity index (χ0v) is 13.5. The number of carbonyl (C=O) groups excluding carboxylic acids is 1. The Morgan fingerprint density at radius 1 is 1.37 bits per heavy atom. The molecule has 0 spiro atoms. The zero-order chi connectivity index (χ0) is 14.5. The van der Waals surface area contributed by atoms with Crippen LogP contribution in [0.4, 0.5) is 0 Å². The second kappa shape index (κ2) is 7.49. The normalized spacial score (nSPS) is 19.7. The number of alkyl halides is 1. The van der Waals surface area contributed by atoms with Crippen LogP contribution in [0.2, 0.25) is 0 Å². The Morgan fingerprint density at radius 3 is 2.42 bits per heavy atom. The van der Waals surface area contributed by atoms with Crippen molar-refractivity contribution in [2.24, 2.45) is 11.3 Å². The van der Waals surface area contributed by atoms with Crippen LogP contribution in [0.15, 0.2) is 0 Å². The number of ether oxygens (including phenoxy) is 1. The molecule has 0 heterocycles. The SMILES string of the molecule is COCC(Cl)CN(C)C(=O)C1(CC(C)C)CCCC1. The monoisotopic (exact) mass is 289 g/mol. The summed E-state index contributed by atoms with van der Waals surface area (Å²) in [6.07, 6.45) is 5.41. The fraction of sp³-hybridized carbons (Fsp3) is 0.933. The number of nitrogens with zero attached hydrogens (tertiary/aromatic N) is 1. The van der Waals surface area contributed by atoms with Gasteiger partial charge in [-0.25, -0.2) is 0 Å². The van der Waals surface area contributed by atoms with Crippen molar-refractivity contribution in [2.45, 2.75) is 51.3 Å². The number of rotatable bonds is 7. The lowest BCUT2D eigenvalue weighted by atomic mass is 9.77. The van der Waals surface area contributed by atoms with Crippen LogP contribution in [0, 0.1) is 11.3 Å². The van der Waals surface area contributed by atoms with Crippen LogP contribution in [0.3, 0.4) is 0 Å². The smallest absolute Gasteiger partial charge is 0.228 e. The molecule has 0 aliphatic heterocycles. The van der Waals surface area contributed by atoms with E-state index in [1.54, 1.807) is 7.11 Å². The third-order valence-corrected chi connectivity index (χ3v) is 4.24. The number of halogens is 1. The highest BCUT2D eigenvalue weighted by molar-refractivity contribution is 6.21. The van der Waals surface area contributed by atoms with Crippen molar-refractivity contribution in [2.75, 3.05) is 27.3 Å². The minimum Gasteiger partial charge on any atom is -0.383 e. The Bertz CT molecular complexity index is 288. The molecule has 1 saturated carbocycles. The maximum Gasteiger partial charge on any atom is 0.228 e. The molecule has 3 nitrogen and oxygen atoms in total. The van der Waals surface area contributed by atoms with Gasteiger partial charge in [-0.1, -0.05) is 26.7 Å². The van der Waals surface area contributed by atoms with E-state index in [-0.39, 0.29) is 16.7 Å². The molecule has 1 unspecified atom stereocenters. The van der Waals surface area contributed by atoms with E-state index in [9.17, 15) is 4.79 Å². The molecule has 0 aromatic carbocycles. The third-order valence-electron chi connectivity index (χ3n) is 3.98. The van der Waals surface area contributed by atoms with Gasteiger partial charge in [0.25, 0.3) is 0 Å². The largest absolute Gasteiger partial charge is 0.383 e. The van der Waals surface area contributed by atoms with E-state index in [0.717, 1.165) is 19.3 Å². The van der Waals surface area contributed by atoms with Crippen LogP contribution >= 0.6 is 11.6 Å². The van der Waals surface area contributed by atoms with Crippen molar-refractivity contribution in [1.29, 1.82) is 0 Å². The number of methoxy groups -OCH3 is 1. The lowest BCUT2D eigenvalue weighted by molar-refractivity contribution is -0.141. The molecule has 19 heavy (non-hydrogen) atoms. The third kappa shape index (κ3) is 4.64. The predicted molar refractivity (Wildman–Crippen MR) is 79.5 cm³/mol. The standard InChI is InChI=1S/C15H28ClNO2/c1-12(2)9-15(7-5-6-8-15)14(18)17(3)10-13(16)11-19-4/h12-13H,5-11H2,1-4H3. The first-order chi connectivity index (χ1) is 8.91. The van der Waals surface area contributed by atoms with Crippen molar-refractivity contribution in [3.8, 4) is 0 Å². The molecule has 1 aliphatic rings. The van der Waals surface area contributed by atoms with Crippen LogP contribution in [-0.2, 0) is 9.53 Å². The topological polar surface area (TPSA) is 29.5 Å². The highest BCUT2D eigenvalue weighted by Crippen LogP contribution is 2.44. The molecular weight excluding hydrogens is 262 g/mol. The van der Waals surface area contributed by atoms with Gasteiger partial charge in [0.2, 0.25) is 5.91 Å². The number of hydrogen-bond donors (Lipinski definition) is 0. The van der Waals surface area contributed by atoms with Gasteiger partial charge in [-0.15, -0.1) is 11.6 Å². The van der Waals surface area contributed by atoms with E-state index in [2.05, 4.69) is 13.8 Å². The molecule has 112 valence electrons. The molecule has 1 rings (SSSR count). The first kappa shape index (κ1) is 16.8. The molecule has 1 fully saturated rings. The summed E-state index contributed by atoms with van der Waals surface area (Å²) >= 11 is 6.16. The highest BCUT2D eigenvalue weighted by atomic mass is 35.5. The molecule has 0 radical (unpaired) electrons. The van der Waals surface area contributed by atoms with Gasteiger partial charge in [-0.3, -0.25) is 4.79 Å². The number of hydrogen-bond acceptors (Lipinski definition) is 2. The molecule has 0 saturated heterocycles.